The maximum Gasteiger partial charge on any atom is 0.139 e. The monoisotopic (exact) mass is 366 g/mol. The van der Waals surface area contributed by atoms with Crippen molar-refractivity contribution >= 4 is 39.5 Å². The van der Waals surface area contributed by atoms with E-state index in [1.54, 1.807) is 0 Å². The summed E-state index contributed by atoms with van der Waals surface area (Å²) in [6.45, 7) is 16.5. The van der Waals surface area contributed by atoms with Crippen molar-refractivity contribution in [3.63, 3.8) is 0 Å². The van der Waals surface area contributed by atoms with Crippen molar-refractivity contribution in [2.24, 2.45) is 0 Å². The van der Waals surface area contributed by atoms with Gasteiger partial charge in [0.2, 0.25) is 0 Å². The van der Waals surface area contributed by atoms with E-state index < -0.39 is 0 Å². The van der Waals surface area contributed by atoms with E-state index in [0.29, 0.717) is 0 Å². The largest absolute Gasteiger partial charge is 0.456 e. The Labute approximate surface area is 167 Å². The molecular weight excluding hydrogens is 340 g/mol. The average molecular weight is 367 g/mol. The van der Waals surface area contributed by atoms with Crippen LogP contribution >= 0.6 is 0 Å². The Balaban J connectivity index is 2.21. The van der Waals surface area contributed by atoms with Gasteiger partial charge < -0.3 is 4.42 Å². The van der Waals surface area contributed by atoms with Crippen molar-refractivity contribution in [1.29, 1.82) is 0 Å². The first kappa shape index (κ1) is 18.3. The van der Waals surface area contributed by atoms with Crippen LogP contribution in [0.3, 0.4) is 0 Å². The lowest BCUT2D eigenvalue weighted by molar-refractivity contribution is 0.599. The van der Waals surface area contributed by atoms with Gasteiger partial charge in [0.25, 0.3) is 0 Å². The smallest absolute Gasteiger partial charge is 0.139 e. The summed E-state index contributed by atoms with van der Waals surface area (Å²) in [6.07, 6.45) is 13.2. The molecule has 1 aromatic heterocycles. The third kappa shape index (κ3) is 2.46. The molecule has 0 fully saturated rings. The second kappa shape index (κ2) is 6.83. The highest BCUT2D eigenvalue weighted by Gasteiger charge is 2.23. The summed E-state index contributed by atoms with van der Waals surface area (Å²) >= 11 is 0. The third-order valence-electron chi connectivity index (χ3n) is 5.85. The van der Waals surface area contributed by atoms with Crippen LogP contribution in [-0.4, -0.2) is 0 Å². The van der Waals surface area contributed by atoms with Crippen LogP contribution in [0.15, 0.2) is 59.6 Å². The Morgan fingerprint density at radius 1 is 0.929 bits per heavy atom. The summed E-state index contributed by atoms with van der Waals surface area (Å²) in [5.41, 5.74) is 9.66. The maximum atomic E-state index is 6.31. The molecule has 0 amide bonds. The average Bonchev–Trinajstić information content (AvgIpc) is 3.21. The third-order valence-corrected chi connectivity index (χ3v) is 5.85. The zero-order valence-corrected chi connectivity index (χ0v) is 17.1. The Bertz CT molecular complexity index is 1240. The van der Waals surface area contributed by atoms with Gasteiger partial charge in [0, 0.05) is 16.5 Å². The van der Waals surface area contributed by atoms with E-state index in [0.717, 1.165) is 17.8 Å². The fraction of sp³-hybridized carbons (Fsp3) is 0.185. The summed E-state index contributed by atoms with van der Waals surface area (Å²) in [4.78, 5) is 0. The topological polar surface area (TPSA) is 13.1 Å². The van der Waals surface area contributed by atoms with Crippen molar-refractivity contribution in [2.75, 3.05) is 0 Å². The van der Waals surface area contributed by atoms with Crippen LogP contribution in [0.1, 0.15) is 47.4 Å². The van der Waals surface area contributed by atoms with Gasteiger partial charge in [0.1, 0.15) is 11.3 Å². The molecule has 0 bridgehead atoms. The van der Waals surface area contributed by atoms with E-state index >= 15 is 0 Å². The summed E-state index contributed by atoms with van der Waals surface area (Å²) < 4.78 is 6.31. The molecule has 0 N–H and O–H groups in total. The van der Waals surface area contributed by atoms with Crippen LogP contribution in [0.4, 0.5) is 0 Å². The fourth-order valence-corrected chi connectivity index (χ4v) is 4.50. The Morgan fingerprint density at radius 3 is 2.32 bits per heavy atom. The zero-order chi connectivity index (χ0) is 20.0. The van der Waals surface area contributed by atoms with Gasteiger partial charge in [-0.15, -0.1) is 0 Å². The van der Waals surface area contributed by atoms with Gasteiger partial charge in [-0.05, 0) is 90.9 Å². The van der Waals surface area contributed by atoms with Gasteiger partial charge in [-0.1, -0.05) is 43.5 Å². The minimum Gasteiger partial charge on any atom is -0.456 e. The number of hydrogen-bond acceptors (Lipinski definition) is 1. The molecule has 0 spiro atoms. The molecule has 140 valence electrons. The molecule has 2 aromatic carbocycles. The van der Waals surface area contributed by atoms with Gasteiger partial charge in [-0.25, -0.2) is 0 Å². The van der Waals surface area contributed by atoms with Crippen LogP contribution in [0.2, 0.25) is 0 Å². The van der Waals surface area contributed by atoms with E-state index in [-0.39, 0.29) is 0 Å². The van der Waals surface area contributed by atoms with Gasteiger partial charge in [-0.2, -0.15) is 0 Å². The lowest BCUT2D eigenvalue weighted by Crippen LogP contribution is -1.92. The molecule has 4 rings (SSSR count). The molecule has 1 nitrogen and oxygen atoms in total. The van der Waals surface area contributed by atoms with Crippen molar-refractivity contribution in [1.82, 2.24) is 0 Å². The minimum absolute atomic E-state index is 0.913. The Kier molecular flexibility index (Phi) is 4.47. The zero-order valence-electron chi connectivity index (χ0n) is 17.1. The van der Waals surface area contributed by atoms with Gasteiger partial charge in [0.05, 0.1) is 0 Å². The highest BCUT2D eigenvalue weighted by molar-refractivity contribution is 6.14. The molecule has 1 aliphatic rings. The van der Waals surface area contributed by atoms with E-state index in [9.17, 15) is 0 Å². The highest BCUT2D eigenvalue weighted by Crippen LogP contribution is 2.43. The van der Waals surface area contributed by atoms with E-state index in [1.165, 1.54) is 55.1 Å². The molecular formula is C27H26O. The Hall–Kier alpha value is -3.06. The van der Waals surface area contributed by atoms with E-state index in [4.69, 9.17) is 4.42 Å². The highest BCUT2D eigenvalue weighted by atomic mass is 16.3. The first-order chi connectivity index (χ1) is 13.5. The van der Waals surface area contributed by atoms with Crippen molar-refractivity contribution in [2.45, 2.75) is 34.1 Å². The number of rotatable bonds is 4. The number of fused-ring (bicyclic) bond motifs is 4. The van der Waals surface area contributed by atoms with Crippen LogP contribution in [0.5, 0.6) is 0 Å². The Morgan fingerprint density at radius 2 is 1.68 bits per heavy atom. The molecule has 0 radical (unpaired) electrons. The molecule has 0 atom stereocenters. The molecule has 3 aromatic rings. The number of furan rings is 1. The predicted octanol–water partition coefficient (Wildman–Crippen LogP) is 7.95. The quantitative estimate of drug-likeness (QED) is 0.456. The number of aryl methyl sites for hydroxylation is 2. The molecule has 0 unspecified atom stereocenters. The predicted molar refractivity (Wildman–Crippen MR) is 124 cm³/mol. The van der Waals surface area contributed by atoms with Crippen molar-refractivity contribution in [3.8, 4) is 0 Å². The molecule has 1 aliphatic carbocycles. The van der Waals surface area contributed by atoms with Gasteiger partial charge in [-0.3, -0.25) is 0 Å². The molecule has 1 heterocycles. The van der Waals surface area contributed by atoms with Gasteiger partial charge in [0.15, 0.2) is 0 Å². The summed E-state index contributed by atoms with van der Waals surface area (Å²) in [5.74, 6) is 0.936. The second-order valence-corrected chi connectivity index (χ2v) is 7.41. The van der Waals surface area contributed by atoms with Crippen LogP contribution in [-0.2, 0) is 6.42 Å². The molecule has 0 saturated heterocycles. The second-order valence-electron chi connectivity index (χ2n) is 7.41. The van der Waals surface area contributed by atoms with Crippen LogP contribution in [0.25, 0.3) is 39.5 Å². The van der Waals surface area contributed by atoms with Crippen LogP contribution in [0, 0.1) is 13.8 Å². The minimum atomic E-state index is 0.913. The summed E-state index contributed by atoms with van der Waals surface area (Å²) in [6, 6.07) is 4.68. The number of benzene rings is 2. The number of allylic oxidation sites excluding steroid dienone is 6. The molecule has 0 aliphatic heterocycles. The first-order valence-electron chi connectivity index (χ1n) is 9.81. The molecule has 28 heavy (non-hydrogen) atoms. The summed E-state index contributed by atoms with van der Waals surface area (Å²) in [7, 11) is 0. The lowest BCUT2D eigenvalue weighted by Gasteiger charge is -2.12. The SMILES string of the molecule is C=CC1=C(C=C)c2cc3c(cc2C1)c(/C=C\C)c(C)c1oc(/C=C\C)c(C)c13. The normalized spacial score (nSPS) is 14.1. The fourth-order valence-electron chi connectivity index (χ4n) is 4.50. The first-order valence-corrected chi connectivity index (χ1v) is 9.81. The molecule has 0 saturated carbocycles. The lowest BCUT2D eigenvalue weighted by atomic mass is 9.90. The number of hydrogen-bond donors (Lipinski definition) is 0. The maximum absolute atomic E-state index is 6.31. The van der Waals surface area contributed by atoms with Crippen molar-refractivity contribution < 1.29 is 4.42 Å². The molecule has 1 heteroatoms. The van der Waals surface area contributed by atoms with Crippen LogP contribution < -0.4 is 0 Å². The van der Waals surface area contributed by atoms with E-state index in [2.05, 4.69) is 58.2 Å². The summed E-state index contributed by atoms with van der Waals surface area (Å²) in [5, 5.41) is 3.74. The van der Waals surface area contributed by atoms with E-state index in [1.807, 2.05) is 31.2 Å². The van der Waals surface area contributed by atoms with Crippen molar-refractivity contribution in [3.05, 3.63) is 88.7 Å². The standard InChI is InChI=1S/C27H26O/c1-7-11-21-16(5)27-26(17(6)25(28-27)12-8-2)24-15-22-19(14-23(21)24)13-18(9-3)20(22)10-4/h7-12,14-15H,3-4,13H2,1-2,5-6H3/b11-7-,12-8-. The van der Waals surface area contributed by atoms with Gasteiger partial charge >= 0.3 is 0 Å².